The molecule has 8 heteroatoms. The molecule has 2 aromatic rings. The Morgan fingerprint density at radius 2 is 1.86 bits per heavy atom. The van der Waals surface area contributed by atoms with E-state index in [0.717, 1.165) is 4.57 Å². The minimum atomic E-state index is -0.486. The highest BCUT2D eigenvalue weighted by Crippen LogP contribution is 2.29. The maximum absolute atomic E-state index is 12.5. The average molecular weight is 328 g/mol. The first-order valence-corrected chi connectivity index (χ1v) is 7.34. The lowest BCUT2D eigenvalue weighted by Gasteiger charge is -2.12. The molecule has 0 bridgehead atoms. The predicted octanol–water partition coefficient (Wildman–Crippen LogP) is 0.935. The first-order chi connectivity index (χ1) is 10.0. The maximum Gasteiger partial charge on any atom is 0.328 e. The molecule has 1 aromatic carbocycles. The van der Waals surface area contributed by atoms with Gasteiger partial charge in [0, 0.05) is 23.6 Å². The Labute approximate surface area is 131 Å². The van der Waals surface area contributed by atoms with Crippen LogP contribution < -0.4 is 20.7 Å². The van der Waals surface area contributed by atoms with Gasteiger partial charge in [0.1, 0.15) is 0 Å². The van der Waals surface area contributed by atoms with Crippen LogP contribution in [0.25, 0.3) is 10.9 Å². The number of benzene rings is 1. The van der Waals surface area contributed by atoms with E-state index in [9.17, 15) is 9.59 Å². The molecule has 1 atom stereocenters. The number of H-pyrrole nitrogens is 1. The van der Waals surface area contributed by atoms with E-state index in [-0.39, 0.29) is 11.8 Å². The van der Waals surface area contributed by atoms with Crippen LogP contribution in [0.3, 0.4) is 0 Å². The second kappa shape index (κ2) is 6.48. The number of hydrogen-bond donors (Lipinski definition) is 3. The van der Waals surface area contributed by atoms with Gasteiger partial charge in [-0.3, -0.25) is 9.36 Å². The summed E-state index contributed by atoms with van der Waals surface area (Å²) in [6.07, 6.45) is 0. The number of methoxy groups -OCH3 is 2. The first kappa shape index (κ1) is 15.8. The molecule has 0 saturated carbocycles. The van der Waals surface area contributed by atoms with Gasteiger partial charge in [-0.25, -0.2) is 4.79 Å². The molecule has 1 heterocycles. The molecule has 0 fully saturated rings. The number of hydrogen-bond acceptors (Lipinski definition) is 6. The summed E-state index contributed by atoms with van der Waals surface area (Å²) in [6.45, 7) is 0.186. The molecule has 1 N–H and O–H groups in total. The van der Waals surface area contributed by atoms with Gasteiger partial charge in [-0.15, -0.1) is 0 Å². The molecule has 0 amide bonds. The molecule has 1 aromatic heterocycles. The zero-order chi connectivity index (χ0) is 15.6. The van der Waals surface area contributed by atoms with Gasteiger partial charge in [0.15, 0.2) is 11.5 Å². The van der Waals surface area contributed by atoms with Crippen molar-refractivity contribution in [1.82, 2.24) is 9.55 Å². The Bertz CT molecular complexity index is 769. The van der Waals surface area contributed by atoms with Crippen LogP contribution in [0.4, 0.5) is 0 Å². The van der Waals surface area contributed by atoms with E-state index in [1.54, 1.807) is 12.1 Å². The van der Waals surface area contributed by atoms with Crippen LogP contribution in [-0.2, 0) is 6.54 Å². The molecule has 0 saturated heterocycles. The average Bonchev–Trinajstić information content (AvgIpc) is 2.49. The Balaban J connectivity index is 2.70. The maximum atomic E-state index is 12.5. The van der Waals surface area contributed by atoms with Crippen LogP contribution in [0, 0.1) is 0 Å². The molecule has 1 unspecified atom stereocenters. The first-order valence-electron chi connectivity index (χ1n) is 6.19. The van der Waals surface area contributed by atoms with Gasteiger partial charge >= 0.3 is 5.69 Å². The minimum Gasteiger partial charge on any atom is -0.493 e. The standard InChI is InChI=1S/C13H16N2O4S2/c1-18-10-3-8-9(4-11(10)19-2)14-13(17)15(12(8)16)5-7(21)6-20/h3-4,7,20-21H,5-6H2,1-2H3,(H,14,17). The van der Waals surface area contributed by atoms with Gasteiger partial charge in [-0.05, 0) is 6.07 Å². The molecule has 0 spiro atoms. The van der Waals surface area contributed by atoms with Gasteiger partial charge in [0.2, 0.25) is 0 Å². The number of fused-ring (bicyclic) bond motifs is 1. The van der Waals surface area contributed by atoms with Crippen molar-refractivity contribution >= 4 is 36.2 Å². The van der Waals surface area contributed by atoms with Gasteiger partial charge < -0.3 is 14.5 Å². The molecule has 6 nitrogen and oxygen atoms in total. The molecule has 0 radical (unpaired) electrons. The SMILES string of the molecule is COc1cc2[nH]c(=O)n(CC(S)CS)c(=O)c2cc1OC. The Morgan fingerprint density at radius 3 is 2.43 bits per heavy atom. The van der Waals surface area contributed by atoms with Crippen LogP contribution >= 0.6 is 25.3 Å². The van der Waals surface area contributed by atoms with Crippen molar-refractivity contribution in [2.45, 2.75) is 11.8 Å². The van der Waals surface area contributed by atoms with Gasteiger partial charge in [-0.1, -0.05) is 0 Å². The molecule has 0 aliphatic rings. The summed E-state index contributed by atoms with van der Waals surface area (Å²) in [4.78, 5) is 27.2. The minimum absolute atomic E-state index is 0.186. The van der Waals surface area contributed by atoms with Gasteiger partial charge in [0.05, 0.1) is 25.1 Å². The Hall–Kier alpha value is -1.54. The van der Waals surface area contributed by atoms with E-state index in [1.807, 2.05) is 0 Å². The Morgan fingerprint density at radius 1 is 1.24 bits per heavy atom. The number of nitrogens with zero attached hydrogens (tertiary/aromatic N) is 1. The molecule has 2 rings (SSSR count). The summed E-state index contributed by atoms with van der Waals surface area (Å²) in [5, 5.41) is 0.164. The van der Waals surface area contributed by atoms with Crippen LogP contribution in [0.5, 0.6) is 11.5 Å². The normalized spacial score (nSPS) is 12.4. The largest absolute Gasteiger partial charge is 0.493 e. The molecule has 114 valence electrons. The highest BCUT2D eigenvalue weighted by atomic mass is 32.1. The van der Waals surface area contributed by atoms with Crippen molar-refractivity contribution in [1.29, 1.82) is 0 Å². The second-order valence-electron chi connectivity index (χ2n) is 4.44. The monoisotopic (exact) mass is 328 g/mol. The topological polar surface area (TPSA) is 73.3 Å². The van der Waals surface area contributed by atoms with E-state index < -0.39 is 11.2 Å². The fourth-order valence-corrected chi connectivity index (χ4v) is 2.29. The van der Waals surface area contributed by atoms with Crippen LogP contribution in [0.2, 0.25) is 0 Å². The van der Waals surface area contributed by atoms with Gasteiger partial charge in [0.25, 0.3) is 5.56 Å². The molecular weight excluding hydrogens is 312 g/mol. The van der Waals surface area contributed by atoms with Crippen molar-refractivity contribution < 1.29 is 9.47 Å². The van der Waals surface area contributed by atoms with Crippen LogP contribution in [0.15, 0.2) is 21.7 Å². The third-order valence-electron chi connectivity index (χ3n) is 3.09. The summed E-state index contributed by atoms with van der Waals surface area (Å²) in [5.74, 6) is 1.33. The van der Waals surface area contributed by atoms with E-state index in [1.165, 1.54) is 14.2 Å². The van der Waals surface area contributed by atoms with E-state index in [2.05, 4.69) is 30.2 Å². The van der Waals surface area contributed by atoms with Crippen molar-refractivity contribution in [3.63, 3.8) is 0 Å². The van der Waals surface area contributed by atoms with E-state index >= 15 is 0 Å². The fourth-order valence-electron chi connectivity index (χ4n) is 2.01. The smallest absolute Gasteiger partial charge is 0.328 e. The second-order valence-corrected chi connectivity index (χ2v) is 5.53. The molecule has 21 heavy (non-hydrogen) atoms. The summed E-state index contributed by atoms with van der Waals surface area (Å²) in [6, 6.07) is 3.12. The molecule has 0 aliphatic heterocycles. The lowest BCUT2D eigenvalue weighted by Crippen LogP contribution is -2.37. The van der Waals surface area contributed by atoms with E-state index in [4.69, 9.17) is 9.47 Å². The Kier molecular flexibility index (Phi) is 4.89. The van der Waals surface area contributed by atoms with Crippen molar-refractivity contribution in [3.05, 3.63) is 33.0 Å². The molecular formula is C13H16N2O4S2. The number of rotatable bonds is 5. The highest BCUT2D eigenvalue weighted by Gasteiger charge is 2.14. The lowest BCUT2D eigenvalue weighted by molar-refractivity contribution is 0.355. The summed E-state index contributed by atoms with van der Waals surface area (Å²) in [5.41, 5.74) is -0.475. The predicted molar refractivity (Wildman–Crippen MR) is 88.6 cm³/mol. The summed E-state index contributed by atoms with van der Waals surface area (Å²) in [7, 11) is 2.97. The summed E-state index contributed by atoms with van der Waals surface area (Å²) >= 11 is 8.37. The van der Waals surface area contributed by atoms with Crippen molar-refractivity contribution in [3.8, 4) is 11.5 Å². The van der Waals surface area contributed by atoms with Crippen molar-refractivity contribution in [2.75, 3.05) is 20.0 Å². The van der Waals surface area contributed by atoms with Gasteiger partial charge in [-0.2, -0.15) is 25.3 Å². The molecule has 0 aliphatic carbocycles. The van der Waals surface area contributed by atoms with Crippen molar-refractivity contribution in [2.24, 2.45) is 0 Å². The number of aromatic amines is 1. The number of nitrogens with one attached hydrogen (secondary N) is 1. The van der Waals surface area contributed by atoms with Crippen LogP contribution in [-0.4, -0.2) is 34.8 Å². The lowest BCUT2D eigenvalue weighted by atomic mass is 10.2. The third kappa shape index (κ3) is 3.06. The van der Waals surface area contributed by atoms with E-state index in [0.29, 0.717) is 28.2 Å². The quantitative estimate of drug-likeness (QED) is 0.714. The number of aromatic nitrogens is 2. The number of thiol groups is 2. The highest BCUT2D eigenvalue weighted by molar-refractivity contribution is 7.84. The van der Waals surface area contributed by atoms with Crippen LogP contribution in [0.1, 0.15) is 0 Å². The summed E-state index contributed by atoms with van der Waals surface area (Å²) < 4.78 is 11.5. The number of ether oxygens (including phenoxy) is 2. The zero-order valence-electron chi connectivity index (χ0n) is 11.6. The zero-order valence-corrected chi connectivity index (χ0v) is 13.4. The third-order valence-corrected chi connectivity index (χ3v) is 4.16. The fraction of sp³-hybridized carbons (Fsp3) is 0.385.